The molecular formula is C10H10N2OS. The smallest absolute Gasteiger partial charge is 0.169 e. The molecule has 0 aliphatic carbocycles. The lowest BCUT2D eigenvalue weighted by molar-refractivity contribution is 0.0992. The second-order valence-electron chi connectivity index (χ2n) is 3.09. The molecule has 0 bridgehead atoms. The summed E-state index contributed by atoms with van der Waals surface area (Å²) in [4.78, 5) is 11.6. The molecule has 0 unspecified atom stereocenters. The Morgan fingerprint density at radius 3 is 3.00 bits per heavy atom. The predicted molar refractivity (Wildman–Crippen MR) is 55.6 cm³/mol. The van der Waals surface area contributed by atoms with E-state index in [4.69, 9.17) is 0 Å². The maximum atomic E-state index is 11.6. The van der Waals surface area contributed by atoms with Crippen LogP contribution in [0.5, 0.6) is 0 Å². The van der Waals surface area contributed by atoms with Gasteiger partial charge in [0.2, 0.25) is 0 Å². The highest BCUT2D eigenvalue weighted by atomic mass is 32.1. The van der Waals surface area contributed by atoms with E-state index in [-0.39, 0.29) is 5.78 Å². The first-order valence-corrected chi connectivity index (χ1v) is 5.24. The molecule has 0 saturated carbocycles. The molecule has 2 heterocycles. The fourth-order valence-corrected chi connectivity index (χ4v) is 1.91. The van der Waals surface area contributed by atoms with Gasteiger partial charge in [-0.1, -0.05) is 0 Å². The fourth-order valence-electron chi connectivity index (χ4n) is 1.25. The summed E-state index contributed by atoms with van der Waals surface area (Å²) >= 11 is 1.54. The number of ketones is 1. The Balaban J connectivity index is 2.09. The number of hydrogen-bond acceptors (Lipinski definition) is 3. The molecule has 2 aromatic heterocycles. The highest BCUT2D eigenvalue weighted by Crippen LogP contribution is 2.09. The number of nitrogens with zero attached hydrogens (tertiary/aromatic N) is 2. The normalized spacial score (nSPS) is 10.4. The molecule has 0 saturated heterocycles. The third-order valence-corrected chi connectivity index (χ3v) is 2.64. The van der Waals surface area contributed by atoms with Crippen LogP contribution in [0.25, 0.3) is 0 Å². The molecule has 0 spiro atoms. The Labute approximate surface area is 86.0 Å². The van der Waals surface area contributed by atoms with E-state index in [1.165, 1.54) is 11.3 Å². The van der Waals surface area contributed by atoms with Crippen molar-refractivity contribution in [3.05, 3.63) is 40.3 Å². The minimum atomic E-state index is 0.130. The third kappa shape index (κ3) is 1.90. The van der Waals surface area contributed by atoms with E-state index in [0.29, 0.717) is 6.42 Å². The summed E-state index contributed by atoms with van der Waals surface area (Å²) in [5.74, 6) is 0.130. The van der Waals surface area contributed by atoms with Crippen molar-refractivity contribution in [1.82, 2.24) is 9.78 Å². The number of aryl methyl sites for hydroxylation is 1. The van der Waals surface area contributed by atoms with Gasteiger partial charge in [0.05, 0.1) is 12.1 Å². The fraction of sp³-hybridized carbons (Fsp3) is 0.200. The van der Waals surface area contributed by atoms with Crippen LogP contribution in [0.15, 0.2) is 29.1 Å². The van der Waals surface area contributed by atoms with Gasteiger partial charge in [-0.05, 0) is 17.5 Å². The number of hydrogen-bond donors (Lipinski definition) is 0. The van der Waals surface area contributed by atoms with Crippen molar-refractivity contribution >= 4 is 17.1 Å². The molecule has 4 heteroatoms. The van der Waals surface area contributed by atoms with E-state index >= 15 is 0 Å². The van der Waals surface area contributed by atoms with Crippen LogP contribution in [-0.2, 0) is 13.5 Å². The third-order valence-electron chi connectivity index (χ3n) is 1.95. The molecule has 0 aromatic carbocycles. The van der Waals surface area contributed by atoms with Crippen molar-refractivity contribution in [2.24, 2.45) is 7.05 Å². The van der Waals surface area contributed by atoms with Crippen LogP contribution < -0.4 is 0 Å². The Morgan fingerprint density at radius 1 is 1.57 bits per heavy atom. The second-order valence-corrected chi connectivity index (χ2v) is 3.87. The standard InChI is InChI=1S/C10H10N2OS/c1-12-4-2-9(11-12)6-10(13)8-3-5-14-7-8/h2-5,7H,6H2,1H3. The number of aromatic nitrogens is 2. The van der Waals surface area contributed by atoms with E-state index in [2.05, 4.69) is 5.10 Å². The number of thiophene rings is 1. The lowest BCUT2D eigenvalue weighted by Gasteiger charge is -1.93. The summed E-state index contributed by atoms with van der Waals surface area (Å²) in [7, 11) is 1.85. The molecule has 0 radical (unpaired) electrons. The van der Waals surface area contributed by atoms with Gasteiger partial charge in [0.15, 0.2) is 5.78 Å². The van der Waals surface area contributed by atoms with Gasteiger partial charge in [0.1, 0.15) is 0 Å². The maximum absolute atomic E-state index is 11.6. The zero-order valence-electron chi connectivity index (χ0n) is 7.80. The molecule has 0 aliphatic rings. The van der Waals surface area contributed by atoms with Crippen molar-refractivity contribution in [2.45, 2.75) is 6.42 Å². The van der Waals surface area contributed by atoms with Crippen LogP contribution in [-0.4, -0.2) is 15.6 Å². The topological polar surface area (TPSA) is 34.9 Å². The summed E-state index contributed by atoms with van der Waals surface area (Å²) in [5, 5.41) is 7.93. The summed E-state index contributed by atoms with van der Waals surface area (Å²) in [5.41, 5.74) is 1.60. The average Bonchev–Trinajstić information content (AvgIpc) is 2.75. The quantitative estimate of drug-likeness (QED) is 0.719. The molecule has 0 amide bonds. The van der Waals surface area contributed by atoms with Gasteiger partial charge in [0.25, 0.3) is 0 Å². The molecule has 0 atom stereocenters. The number of carbonyl (C=O) groups excluding carboxylic acids is 1. The van der Waals surface area contributed by atoms with Crippen molar-refractivity contribution in [3.63, 3.8) is 0 Å². The van der Waals surface area contributed by atoms with Crippen molar-refractivity contribution in [1.29, 1.82) is 0 Å². The molecule has 2 aromatic rings. The minimum absolute atomic E-state index is 0.130. The summed E-state index contributed by atoms with van der Waals surface area (Å²) < 4.78 is 1.70. The van der Waals surface area contributed by atoms with Gasteiger partial charge in [-0.2, -0.15) is 16.4 Å². The Hall–Kier alpha value is -1.42. The number of carbonyl (C=O) groups is 1. The van der Waals surface area contributed by atoms with E-state index in [9.17, 15) is 4.79 Å². The second kappa shape index (κ2) is 3.75. The first kappa shape index (κ1) is 9.15. The van der Waals surface area contributed by atoms with Gasteiger partial charge in [-0.3, -0.25) is 9.48 Å². The molecular weight excluding hydrogens is 196 g/mol. The minimum Gasteiger partial charge on any atom is -0.294 e. The largest absolute Gasteiger partial charge is 0.294 e. The molecule has 0 fully saturated rings. The van der Waals surface area contributed by atoms with Gasteiger partial charge in [-0.15, -0.1) is 0 Å². The van der Waals surface area contributed by atoms with E-state index in [1.807, 2.05) is 36.1 Å². The first-order chi connectivity index (χ1) is 6.75. The number of rotatable bonds is 3. The molecule has 0 N–H and O–H groups in total. The van der Waals surface area contributed by atoms with Crippen molar-refractivity contribution in [3.8, 4) is 0 Å². The van der Waals surface area contributed by atoms with Crippen molar-refractivity contribution < 1.29 is 4.79 Å². The summed E-state index contributed by atoms with van der Waals surface area (Å²) in [6.07, 6.45) is 2.23. The van der Waals surface area contributed by atoms with Crippen LogP contribution in [0.1, 0.15) is 16.1 Å². The molecule has 2 rings (SSSR count). The zero-order chi connectivity index (χ0) is 9.97. The van der Waals surface area contributed by atoms with Crippen LogP contribution in [0.3, 0.4) is 0 Å². The van der Waals surface area contributed by atoms with Gasteiger partial charge in [0, 0.05) is 24.2 Å². The zero-order valence-corrected chi connectivity index (χ0v) is 8.62. The highest BCUT2D eigenvalue weighted by Gasteiger charge is 2.08. The Morgan fingerprint density at radius 2 is 2.43 bits per heavy atom. The molecule has 0 aliphatic heterocycles. The van der Waals surface area contributed by atoms with Gasteiger partial charge in [-0.25, -0.2) is 0 Å². The van der Waals surface area contributed by atoms with E-state index < -0.39 is 0 Å². The lowest BCUT2D eigenvalue weighted by Crippen LogP contribution is -2.03. The Bertz CT molecular complexity index is 431. The monoisotopic (exact) mass is 206 g/mol. The maximum Gasteiger partial charge on any atom is 0.169 e. The summed E-state index contributed by atoms with van der Waals surface area (Å²) in [6, 6.07) is 3.71. The van der Waals surface area contributed by atoms with E-state index in [0.717, 1.165) is 11.3 Å². The Kier molecular flexibility index (Phi) is 2.45. The van der Waals surface area contributed by atoms with Gasteiger partial charge >= 0.3 is 0 Å². The molecule has 14 heavy (non-hydrogen) atoms. The lowest BCUT2D eigenvalue weighted by atomic mass is 10.1. The van der Waals surface area contributed by atoms with Crippen LogP contribution in [0, 0.1) is 0 Å². The number of Topliss-reactive ketones (excluding diaryl/α,β-unsaturated/α-hetero) is 1. The molecule has 3 nitrogen and oxygen atoms in total. The molecule has 72 valence electrons. The van der Waals surface area contributed by atoms with Crippen molar-refractivity contribution in [2.75, 3.05) is 0 Å². The van der Waals surface area contributed by atoms with Crippen LogP contribution >= 0.6 is 11.3 Å². The SMILES string of the molecule is Cn1ccc(CC(=O)c2ccsc2)n1. The van der Waals surface area contributed by atoms with Gasteiger partial charge < -0.3 is 0 Å². The predicted octanol–water partition coefficient (Wildman–Crippen LogP) is 1.91. The average molecular weight is 206 g/mol. The van der Waals surface area contributed by atoms with Crippen LogP contribution in [0.4, 0.5) is 0 Å². The van der Waals surface area contributed by atoms with E-state index in [1.54, 1.807) is 4.68 Å². The van der Waals surface area contributed by atoms with Crippen LogP contribution in [0.2, 0.25) is 0 Å². The summed E-state index contributed by atoms with van der Waals surface area (Å²) in [6.45, 7) is 0. The first-order valence-electron chi connectivity index (χ1n) is 4.29. The highest BCUT2D eigenvalue weighted by molar-refractivity contribution is 7.08.